The molecule has 0 unspecified atom stereocenters. The van der Waals surface area contributed by atoms with Crippen LogP contribution in [0.15, 0.2) is 60.7 Å². The Balaban J connectivity index is 1.68. The van der Waals surface area contributed by atoms with E-state index in [4.69, 9.17) is 4.74 Å². The Morgan fingerprint density at radius 2 is 1.56 bits per heavy atom. The predicted octanol–water partition coefficient (Wildman–Crippen LogP) is 4.78. The molecule has 0 radical (unpaired) electrons. The van der Waals surface area contributed by atoms with E-state index in [9.17, 15) is 18.0 Å². The fourth-order valence-electron chi connectivity index (χ4n) is 2.78. The van der Waals surface area contributed by atoms with Crippen molar-refractivity contribution < 1.29 is 22.7 Å². The molecule has 2 aromatic rings. The summed E-state index contributed by atoms with van der Waals surface area (Å²) in [7, 11) is 0. The van der Waals surface area contributed by atoms with Gasteiger partial charge in [0, 0.05) is 12.6 Å². The number of rotatable bonds is 5. The summed E-state index contributed by atoms with van der Waals surface area (Å²) in [6.07, 6.45) is -5.08. The molecule has 3 rings (SSSR count). The van der Waals surface area contributed by atoms with E-state index in [0.717, 1.165) is 11.1 Å². The van der Waals surface area contributed by atoms with Gasteiger partial charge in [-0.25, -0.2) is 4.79 Å². The van der Waals surface area contributed by atoms with Crippen molar-refractivity contribution in [1.29, 1.82) is 0 Å². The summed E-state index contributed by atoms with van der Waals surface area (Å²) in [5, 5.41) is 0. The Kier molecular flexibility index (Phi) is 4.97. The second-order valence-electron chi connectivity index (χ2n) is 6.10. The monoisotopic (exact) mass is 349 g/mol. The van der Waals surface area contributed by atoms with Crippen LogP contribution >= 0.6 is 0 Å². The normalized spacial score (nSPS) is 19.3. The van der Waals surface area contributed by atoms with E-state index in [1.807, 2.05) is 24.3 Å². The summed E-state index contributed by atoms with van der Waals surface area (Å²) in [6, 6.07) is 17.1. The predicted molar refractivity (Wildman–Crippen MR) is 86.6 cm³/mol. The third-order valence-corrected chi connectivity index (χ3v) is 4.21. The molecule has 0 aromatic heterocycles. The van der Waals surface area contributed by atoms with Crippen LogP contribution in [-0.2, 0) is 17.9 Å². The van der Waals surface area contributed by atoms with Crippen LogP contribution in [0, 0.1) is 5.92 Å². The SMILES string of the molecule is O=C(OCc1ccccc1)N(Cc1ccccc1)[C@@H]1C[C@H]1C(F)(F)F. The zero-order chi connectivity index (χ0) is 17.9. The highest BCUT2D eigenvalue weighted by Crippen LogP contribution is 2.48. The first-order valence-electron chi connectivity index (χ1n) is 8.03. The van der Waals surface area contributed by atoms with Crippen LogP contribution in [0.25, 0.3) is 0 Å². The second kappa shape index (κ2) is 7.17. The molecule has 1 amide bonds. The van der Waals surface area contributed by atoms with Crippen molar-refractivity contribution in [3.05, 3.63) is 71.8 Å². The molecule has 0 N–H and O–H groups in total. The Morgan fingerprint density at radius 1 is 1.00 bits per heavy atom. The van der Waals surface area contributed by atoms with Crippen LogP contribution < -0.4 is 0 Å². The van der Waals surface area contributed by atoms with Crippen LogP contribution in [0.2, 0.25) is 0 Å². The van der Waals surface area contributed by atoms with Crippen molar-refractivity contribution in [3.63, 3.8) is 0 Å². The largest absolute Gasteiger partial charge is 0.445 e. The summed E-state index contributed by atoms with van der Waals surface area (Å²) in [4.78, 5) is 13.6. The summed E-state index contributed by atoms with van der Waals surface area (Å²) in [5.74, 6) is -1.47. The lowest BCUT2D eigenvalue weighted by molar-refractivity contribution is -0.151. The molecule has 0 heterocycles. The lowest BCUT2D eigenvalue weighted by Crippen LogP contribution is -2.35. The van der Waals surface area contributed by atoms with Crippen LogP contribution in [-0.4, -0.2) is 23.2 Å². The highest BCUT2D eigenvalue weighted by atomic mass is 19.4. The van der Waals surface area contributed by atoms with Crippen molar-refractivity contribution in [1.82, 2.24) is 4.90 Å². The number of alkyl halides is 3. The molecule has 0 saturated heterocycles. The highest BCUT2D eigenvalue weighted by Gasteiger charge is 2.59. The van der Waals surface area contributed by atoms with Gasteiger partial charge in [-0.3, -0.25) is 0 Å². The van der Waals surface area contributed by atoms with Gasteiger partial charge in [-0.15, -0.1) is 0 Å². The van der Waals surface area contributed by atoms with Gasteiger partial charge in [-0.1, -0.05) is 60.7 Å². The molecule has 2 aromatic carbocycles. The summed E-state index contributed by atoms with van der Waals surface area (Å²) < 4.78 is 44.0. The van der Waals surface area contributed by atoms with E-state index in [-0.39, 0.29) is 19.6 Å². The third kappa shape index (κ3) is 4.53. The van der Waals surface area contributed by atoms with Gasteiger partial charge in [0.25, 0.3) is 0 Å². The number of hydrogen-bond donors (Lipinski definition) is 0. The zero-order valence-electron chi connectivity index (χ0n) is 13.4. The van der Waals surface area contributed by atoms with E-state index in [1.54, 1.807) is 36.4 Å². The maximum Gasteiger partial charge on any atom is 0.410 e. The Bertz CT molecular complexity index is 704. The van der Waals surface area contributed by atoms with Crippen LogP contribution in [0.4, 0.5) is 18.0 Å². The minimum Gasteiger partial charge on any atom is -0.445 e. The minimum absolute atomic E-state index is 0.0361. The average Bonchev–Trinajstić information content (AvgIpc) is 3.40. The second-order valence-corrected chi connectivity index (χ2v) is 6.10. The number of ether oxygens (including phenoxy) is 1. The molecule has 0 spiro atoms. The number of hydrogen-bond acceptors (Lipinski definition) is 2. The summed E-state index contributed by atoms with van der Waals surface area (Å²) in [6.45, 7) is 0.139. The molecule has 0 bridgehead atoms. The van der Waals surface area contributed by atoms with Crippen LogP contribution in [0.5, 0.6) is 0 Å². The number of amides is 1. The summed E-state index contributed by atoms with van der Waals surface area (Å²) >= 11 is 0. The standard InChI is InChI=1S/C19H18F3NO2/c20-19(21,22)16-11-17(16)23(12-14-7-3-1-4-8-14)18(24)25-13-15-9-5-2-6-10-15/h1-10,16-17H,11-13H2/t16-,17-/m1/s1. The quantitative estimate of drug-likeness (QED) is 0.778. The van der Waals surface area contributed by atoms with Gasteiger partial charge in [0.1, 0.15) is 6.61 Å². The van der Waals surface area contributed by atoms with Gasteiger partial charge in [-0.2, -0.15) is 13.2 Å². The topological polar surface area (TPSA) is 29.5 Å². The Morgan fingerprint density at radius 3 is 2.08 bits per heavy atom. The molecule has 1 aliphatic carbocycles. The fraction of sp³-hybridized carbons (Fsp3) is 0.316. The molecular weight excluding hydrogens is 331 g/mol. The Hall–Kier alpha value is -2.50. The van der Waals surface area contributed by atoms with Crippen molar-refractivity contribution in [2.45, 2.75) is 31.8 Å². The zero-order valence-corrected chi connectivity index (χ0v) is 13.4. The van der Waals surface area contributed by atoms with E-state index in [0.29, 0.717) is 0 Å². The van der Waals surface area contributed by atoms with E-state index >= 15 is 0 Å². The molecule has 1 aliphatic rings. The molecule has 2 atom stereocenters. The number of halogens is 3. The molecule has 25 heavy (non-hydrogen) atoms. The molecule has 0 aliphatic heterocycles. The first-order valence-corrected chi connectivity index (χ1v) is 8.03. The smallest absolute Gasteiger partial charge is 0.410 e. The maximum absolute atomic E-state index is 12.9. The van der Waals surface area contributed by atoms with Crippen molar-refractivity contribution in [3.8, 4) is 0 Å². The molecule has 3 nitrogen and oxygen atoms in total. The fourth-order valence-corrected chi connectivity index (χ4v) is 2.78. The van der Waals surface area contributed by atoms with Gasteiger partial charge in [0.2, 0.25) is 0 Å². The van der Waals surface area contributed by atoms with Crippen molar-refractivity contribution in [2.75, 3.05) is 0 Å². The third-order valence-electron chi connectivity index (χ3n) is 4.21. The first kappa shape index (κ1) is 17.3. The molecule has 132 valence electrons. The first-order chi connectivity index (χ1) is 11.9. The minimum atomic E-state index is -4.29. The number of benzene rings is 2. The highest BCUT2D eigenvalue weighted by molar-refractivity contribution is 5.68. The molecular formula is C19H18F3NO2. The van der Waals surface area contributed by atoms with Crippen molar-refractivity contribution in [2.24, 2.45) is 5.92 Å². The van der Waals surface area contributed by atoms with E-state index < -0.39 is 24.2 Å². The number of carbonyl (C=O) groups excluding carboxylic acids is 1. The lowest BCUT2D eigenvalue weighted by Gasteiger charge is -2.23. The molecule has 6 heteroatoms. The molecule has 1 saturated carbocycles. The lowest BCUT2D eigenvalue weighted by atomic mass is 10.2. The van der Waals surface area contributed by atoms with E-state index in [1.165, 1.54) is 4.90 Å². The van der Waals surface area contributed by atoms with Gasteiger partial charge in [0.15, 0.2) is 0 Å². The van der Waals surface area contributed by atoms with Crippen LogP contribution in [0.3, 0.4) is 0 Å². The van der Waals surface area contributed by atoms with Gasteiger partial charge in [-0.05, 0) is 17.5 Å². The Labute approximate surface area is 144 Å². The number of nitrogens with zero attached hydrogens (tertiary/aromatic N) is 1. The van der Waals surface area contributed by atoms with Gasteiger partial charge in [0.05, 0.1) is 5.92 Å². The van der Waals surface area contributed by atoms with Gasteiger partial charge < -0.3 is 9.64 Å². The molecule has 1 fully saturated rings. The summed E-state index contributed by atoms with van der Waals surface area (Å²) in [5.41, 5.74) is 1.56. The van der Waals surface area contributed by atoms with Crippen LogP contribution in [0.1, 0.15) is 17.5 Å². The van der Waals surface area contributed by atoms with Gasteiger partial charge >= 0.3 is 12.3 Å². The average molecular weight is 349 g/mol. The maximum atomic E-state index is 12.9. The van der Waals surface area contributed by atoms with E-state index in [2.05, 4.69) is 0 Å². The number of carbonyl (C=O) groups is 1. The van der Waals surface area contributed by atoms with Crippen molar-refractivity contribution >= 4 is 6.09 Å².